The SMILES string of the molecule is CN(C)CCc1nc(C(C)(C)C)c(CBr)s1. The van der Waals surface area contributed by atoms with Gasteiger partial charge in [-0.15, -0.1) is 11.3 Å². The van der Waals surface area contributed by atoms with E-state index in [0.29, 0.717) is 0 Å². The van der Waals surface area contributed by atoms with Gasteiger partial charge in [0, 0.05) is 28.6 Å². The minimum Gasteiger partial charge on any atom is -0.309 e. The van der Waals surface area contributed by atoms with Crippen molar-refractivity contribution in [3.05, 3.63) is 15.6 Å². The molecule has 0 atom stereocenters. The van der Waals surface area contributed by atoms with Gasteiger partial charge in [-0.1, -0.05) is 36.7 Å². The lowest BCUT2D eigenvalue weighted by atomic mass is 9.91. The summed E-state index contributed by atoms with van der Waals surface area (Å²) in [6.07, 6.45) is 1.05. The lowest BCUT2D eigenvalue weighted by Gasteiger charge is -2.16. The lowest BCUT2D eigenvalue weighted by Crippen LogP contribution is -2.16. The number of hydrogen-bond donors (Lipinski definition) is 0. The number of thiazole rings is 1. The van der Waals surface area contributed by atoms with E-state index in [2.05, 4.69) is 55.7 Å². The normalized spacial score (nSPS) is 12.4. The van der Waals surface area contributed by atoms with Crippen molar-refractivity contribution in [3.63, 3.8) is 0 Å². The molecule has 0 saturated carbocycles. The van der Waals surface area contributed by atoms with E-state index in [9.17, 15) is 0 Å². The quantitative estimate of drug-likeness (QED) is 0.792. The first-order chi connectivity index (χ1) is 7.34. The molecule has 0 aliphatic rings. The Hall–Kier alpha value is 0.0700. The zero-order chi connectivity index (χ0) is 12.3. The molecule has 92 valence electrons. The molecule has 1 rings (SSSR count). The largest absolute Gasteiger partial charge is 0.309 e. The maximum atomic E-state index is 4.79. The molecule has 1 aromatic heterocycles. The first-order valence-corrected chi connectivity index (χ1v) is 7.48. The highest BCUT2D eigenvalue weighted by atomic mass is 79.9. The number of nitrogens with zero attached hydrogens (tertiary/aromatic N) is 2. The molecule has 0 aromatic carbocycles. The summed E-state index contributed by atoms with van der Waals surface area (Å²) in [6, 6.07) is 0. The second kappa shape index (κ2) is 5.61. The van der Waals surface area contributed by atoms with Crippen LogP contribution in [0.3, 0.4) is 0 Å². The molecule has 0 N–H and O–H groups in total. The highest BCUT2D eigenvalue weighted by molar-refractivity contribution is 9.08. The molecule has 2 nitrogen and oxygen atoms in total. The first kappa shape index (κ1) is 14.1. The number of halogens is 1. The van der Waals surface area contributed by atoms with Crippen LogP contribution in [-0.4, -0.2) is 30.5 Å². The van der Waals surface area contributed by atoms with Gasteiger partial charge in [-0.2, -0.15) is 0 Å². The molecule has 0 fully saturated rings. The predicted octanol–water partition coefficient (Wildman–Crippen LogP) is 3.44. The highest BCUT2D eigenvalue weighted by Gasteiger charge is 2.22. The van der Waals surface area contributed by atoms with Gasteiger partial charge < -0.3 is 4.90 Å². The molecular weight excluding hydrogens is 284 g/mol. The molecule has 0 spiro atoms. The van der Waals surface area contributed by atoms with Gasteiger partial charge in [-0.05, 0) is 14.1 Å². The van der Waals surface area contributed by atoms with E-state index < -0.39 is 0 Å². The van der Waals surface area contributed by atoms with E-state index in [-0.39, 0.29) is 5.41 Å². The van der Waals surface area contributed by atoms with E-state index in [1.807, 2.05) is 11.3 Å². The van der Waals surface area contributed by atoms with Crippen LogP contribution in [0.5, 0.6) is 0 Å². The van der Waals surface area contributed by atoms with Gasteiger partial charge in [-0.3, -0.25) is 0 Å². The monoisotopic (exact) mass is 304 g/mol. The molecule has 1 aromatic rings. The fourth-order valence-electron chi connectivity index (χ4n) is 1.50. The smallest absolute Gasteiger partial charge is 0.0944 e. The van der Waals surface area contributed by atoms with Crippen LogP contribution in [0, 0.1) is 0 Å². The van der Waals surface area contributed by atoms with Crippen LogP contribution in [0.2, 0.25) is 0 Å². The van der Waals surface area contributed by atoms with Gasteiger partial charge in [0.25, 0.3) is 0 Å². The zero-order valence-corrected chi connectivity index (χ0v) is 13.2. The Kier molecular flexibility index (Phi) is 4.95. The second-order valence-electron chi connectivity index (χ2n) is 5.32. The van der Waals surface area contributed by atoms with Gasteiger partial charge >= 0.3 is 0 Å². The molecule has 0 aliphatic carbocycles. The molecule has 0 radical (unpaired) electrons. The van der Waals surface area contributed by atoms with Crippen molar-refractivity contribution in [1.29, 1.82) is 0 Å². The van der Waals surface area contributed by atoms with Crippen LogP contribution in [0.1, 0.15) is 36.3 Å². The summed E-state index contributed by atoms with van der Waals surface area (Å²) >= 11 is 5.40. The van der Waals surface area contributed by atoms with Crippen molar-refractivity contribution in [2.45, 2.75) is 37.9 Å². The van der Waals surface area contributed by atoms with E-state index >= 15 is 0 Å². The number of hydrogen-bond acceptors (Lipinski definition) is 3. The standard InChI is InChI=1S/C12H21BrN2S/c1-12(2,3)11-9(8-13)16-10(14-11)6-7-15(4)5/h6-8H2,1-5H3. The average Bonchev–Trinajstić information content (AvgIpc) is 2.57. The van der Waals surface area contributed by atoms with Gasteiger partial charge in [0.15, 0.2) is 0 Å². The van der Waals surface area contributed by atoms with Crippen LogP contribution in [-0.2, 0) is 17.2 Å². The van der Waals surface area contributed by atoms with Gasteiger partial charge in [0.05, 0.1) is 10.7 Å². The first-order valence-electron chi connectivity index (χ1n) is 5.54. The summed E-state index contributed by atoms with van der Waals surface area (Å²) in [7, 11) is 4.20. The molecular formula is C12H21BrN2S. The summed E-state index contributed by atoms with van der Waals surface area (Å²) in [5.74, 6) is 0. The van der Waals surface area contributed by atoms with Crippen LogP contribution >= 0.6 is 27.3 Å². The topological polar surface area (TPSA) is 16.1 Å². The minimum atomic E-state index is 0.149. The van der Waals surface area contributed by atoms with Gasteiger partial charge in [-0.25, -0.2) is 4.98 Å². The van der Waals surface area contributed by atoms with Crippen LogP contribution < -0.4 is 0 Å². The van der Waals surface area contributed by atoms with Gasteiger partial charge in [0.1, 0.15) is 0 Å². The van der Waals surface area contributed by atoms with Crippen molar-refractivity contribution in [3.8, 4) is 0 Å². The molecule has 0 bridgehead atoms. The Labute approximate surface area is 111 Å². The molecule has 0 saturated heterocycles. The van der Waals surface area contributed by atoms with Crippen molar-refractivity contribution < 1.29 is 0 Å². The van der Waals surface area contributed by atoms with Crippen LogP contribution in [0.25, 0.3) is 0 Å². The predicted molar refractivity (Wildman–Crippen MR) is 75.7 cm³/mol. The number of alkyl halides is 1. The molecule has 0 aliphatic heterocycles. The van der Waals surface area contributed by atoms with Crippen LogP contribution in [0.4, 0.5) is 0 Å². The minimum absolute atomic E-state index is 0.149. The molecule has 0 amide bonds. The maximum Gasteiger partial charge on any atom is 0.0944 e. The third-order valence-corrected chi connectivity index (χ3v) is 4.39. The zero-order valence-electron chi connectivity index (χ0n) is 10.8. The Balaban J connectivity index is 2.86. The fourth-order valence-corrected chi connectivity index (χ4v) is 3.23. The lowest BCUT2D eigenvalue weighted by molar-refractivity contribution is 0.413. The van der Waals surface area contributed by atoms with E-state index in [4.69, 9.17) is 4.98 Å². The Bertz CT molecular complexity index is 339. The number of likely N-dealkylation sites (N-methyl/N-ethyl adjacent to an activating group) is 1. The van der Waals surface area contributed by atoms with Crippen LogP contribution in [0.15, 0.2) is 0 Å². The Morgan fingerprint density at radius 1 is 1.31 bits per heavy atom. The average molecular weight is 305 g/mol. The molecule has 0 unspecified atom stereocenters. The summed E-state index contributed by atoms with van der Waals surface area (Å²) in [5, 5.41) is 2.17. The fraction of sp³-hybridized carbons (Fsp3) is 0.750. The van der Waals surface area contributed by atoms with Crippen molar-refractivity contribution >= 4 is 27.3 Å². The van der Waals surface area contributed by atoms with E-state index in [1.165, 1.54) is 15.6 Å². The molecule has 16 heavy (non-hydrogen) atoms. The summed E-state index contributed by atoms with van der Waals surface area (Å²) in [5.41, 5.74) is 1.40. The third-order valence-electron chi connectivity index (χ3n) is 2.35. The molecule has 1 heterocycles. The van der Waals surface area contributed by atoms with Crippen molar-refractivity contribution in [2.75, 3.05) is 20.6 Å². The maximum absolute atomic E-state index is 4.79. The Morgan fingerprint density at radius 3 is 2.31 bits per heavy atom. The van der Waals surface area contributed by atoms with Crippen molar-refractivity contribution in [1.82, 2.24) is 9.88 Å². The number of rotatable bonds is 4. The van der Waals surface area contributed by atoms with Crippen molar-refractivity contribution in [2.24, 2.45) is 0 Å². The molecule has 4 heteroatoms. The third kappa shape index (κ3) is 3.82. The summed E-state index contributed by atoms with van der Waals surface area (Å²) in [4.78, 5) is 8.36. The van der Waals surface area contributed by atoms with E-state index in [0.717, 1.165) is 18.3 Å². The van der Waals surface area contributed by atoms with E-state index in [1.54, 1.807) is 0 Å². The highest BCUT2D eigenvalue weighted by Crippen LogP contribution is 2.31. The summed E-state index contributed by atoms with van der Waals surface area (Å²) in [6.45, 7) is 7.75. The second-order valence-corrected chi connectivity index (χ2v) is 7.05. The van der Waals surface area contributed by atoms with Gasteiger partial charge in [0.2, 0.25) is 0 Å². The Morgan fingerprint density at radius 2 is 1.94 bits per heavy atom. The number of aromatic nitrogens is 1. The summed E-state index contributed by atoms with van der Waals surface area (Å²) < 4.78 is 0.